The Balaban J connectivity index is 1.59. The van der Waals surface area contributed by atoms with Crippen molar-refractivity contribution in [2.24, 2.45) is 0 Å². The number of nitrogens with zero attached hydrogens (tertiary/aromatic N) is 1. The van der Waals surface area contributed by atoms with Gasteiger partial charge < -0.3 is 14.4 Å². The molecule has 1 saturated carbocycles. The van der Waals surface area contributed by atoms with Gasteiger partial charge in [0.05, 0.1) is 12.0 Å². The summed E-state index contributed by atoms with van der Waals surface area (Å²) in [5.74, 6) is -0.402. The van der Waals surface area contributed by atoms with Crippen LogP contribution in [0.25, 0.3) is 10.1 Å². The predicted octanol–water partition coefficient (Wildman–Crippen LogP) is 5.46. The van der Waals surface area contributed by atoms with E-state index in [4.69, 9.17) is 4.74 Å². The van der Waals surface area contributed by atoms with Crippen molar-refractivity contribution in [2.45, 2.75) is 32.0 Å². The second-order valence-corrected chi connectivity index (χ2v) is 7.87. The molecule has 0 spiro atoms. The molecule has 1 amide bonds. The van der Waals surface area contributed by atoms with Gasteiger partial charge >= 0.3 is 6.61 Å². The van der Waals surface area contributed by atoms with Crippen LogP contribution in [0.5, 0.6) is 11.5 Å². The van der Waals surface area contributed by atoms with Crippen molar-refractivity contribution in [3.05, 3.63) is 58.7 Å². The molecule has 3 aromatic rings. The van der Waals surface area contributed by atoms with E-state index in [2.05, 4.69) is 4.74 Å². The van der Waals surface area contributed by atoms with Gasteiger partial charge in [-0.3, -0.25) is 4.79 Å². The van der Waals surface area contributed by atoms with Gasteiger partial charge in [-0.1, -0.05) is 12.1 Å². The number of hydrogen-bond acceptors (Lipinski definition) is 4. The van der Waals surface area contributed by atoms with Crippen LogP contribution in [0.1, 0.15) is 28.1 Å². The van der Waals surface area contributed by atoms with Crippen LogP contribution in [0.3, 0.4) is 0 Å². The number of methoxy groups -OCH3 is 1. The average molecular weight is 421 g/mol. The molecule has 152 valence electrons. The van der Waals surface area contributed by atoms with E-state index < -0.39 is 6.61 Å². The number of carbonyl (C=O) groups is 1. The normalized spacial score (nSPS) is 13.7. The van der Waals surface area contributed by atoms with E-state index in [0.29, 0.717) is 16.8 Å². The van der Waals surface area contributed by atoms with Crippen LogP contribution in [0.4, 0.5) is 13.2 Å². The second-order valence-electron chi connectivity index (χ2n) is 6.79. The van der Waals surface area contributed by atoms with Crippen molar-refractivity contribution in [2.75, 3.05) is 7.11 Å². The quantitative estimate of drug-likeness (QED) is 0.509. The van der Waals surface area contributed by atoms with E-state index >= 15 is 0 Å². The summed E-state index contributed by atoms with van der Waals surface area (Å²) < 4.78 is 49.3. The summed E-state index contributed by atoms with van der Waals surface area (Å²) in [6.45, 7) is -2.65. The van der Waals surface area contributed by atoms with E-state index in [1.807, 2.05) is 0 Å². The molecule has 1 heterocycles. The maximum Gasteiger partial charge on any atom is 0.387 e. The lowest BCUT2D eigenvalue weighted by atomic mass is 10.1. The molecule has 8 heteroatoms. The number of carbonyl (C=O) groups excluding carboxylic acids is 1. The first-order valence-electron chi connectivity index (χ1n) is 9.07. The highest BCUT2D eigenvalue weighted by Gasteiger charge is 2.34. The fourth-order valence-electron chi connectivity index (χ4n) is 3.23. The second kappa shape index (κ2) is 7.94. The third kappa shape index (κ3) is 4.17. The summed E-state index contributed by atoms with van der Waals surface area (Å²) in [6, 6.07) is 11.1. The maximum absolute atomic E-state index is 14.0. The molecule has 1 aliphatic carbocycles. The molecule has 1 aromatic heterocycles. The Morgan fingerprint density at radius 3 is 2.66 bits per heavy atom. The van der Waals surface area contributed by atoms with E-state index in [1.54, 1.807) is 35.2 Å². The van der Waals surface area contributed by atoms with Crippen molar-refractivity contribution in [1.29, 1.82) is 0 Å². The van der Waals surface area contributed by atoms with Crippen LogP contribution in [0, 0.1) is 5.82 Å². The SMILES string of the molecule is COc1cc(CN(C(=O)c2cc3c(F)cccc3s2)C2CC2)ccc1OC(F)F. The number of benzene rings is 2. The van der Waals surface area contributed by atoms with Gasteiger partial charge in [0.1, 0.15) is 5.82 Å². The number of rotatable bonds is 7. The van der Waals surface area contributed by atoms with Gasteiger partial charge in [0, 0.05) is 22.7 Å². The van der Waals surface area contributed by atoms with Crippen LogP contribution in [0.2, 0.25) is 0 Å². The molecule has 4 rings (SSSR count). The smallest absolute Gasteiger partial charge is 0.387 e. The van der Waals surface area contributed by atoms with Gasteiger partial charge in [-0.05, 0) is 48.7 Å². The zero-order valence-corrected chi connectivity index (χ0v) is 16.3. The fraction of sp³-hybridized carbons (Fsp3) is 0.286. The molecule has 0 aliphatic heterocycles. The summed E-state index contributed by atoms with van der Waals surface area (Å²) in [6.07, 6.45) is 1.80. The number of hydrogen-bond donors (Lipinski definition) is 0. The number of alkyl halides is 2. The zero-order chi connectivity index (χ0) is 20.5. The molecular weight excluding hydrogens is 403 g/mol. The van der Waals surface area contributed by atoms with Gasteiger partial charge in [0.15, 0.2) is 11.5 Å². The Kier molecular flexibility index (Phi) is 5.36. The van der Waals surface area contributed by atoms with Crippen molar-refractivity contribution in [3.63, 3.8) is 0 Å². The Morgan fingerprint density at radius 2 is 2.00 bits per heavy atom. The molecule has 0 bridgehead atoms. The summed E-state index contributed by atoms with van der Waals surface area (Å²) in [5.41, 5.74) is 0.732. The first-order valence-corrected chi connectivity index (χ1v) is 9.88. The molecule has 1 aliphatic rings. The minimum atomic E-state index is -2.95. The molecule has 2 aromatic carbocycles. The molecule has 4 nitrogen and oxygen atoms in total. The Morgan fingerprint density at radius 1 is 1.21 bits per heavy atom. The van der Waals surface area contributed by atoms with Gasteiger partial charge in [-0.25, -0.2) is 4.39 Å². The lowest BCUT2D eigenvalue weighted by molar-refractivity contribution is -0.0512. The summed E-state index contributed by atoms with van der Waals surface area (Å²) in [4.78, 5) is 15.4. The summed E-state index contributed by atoms with van der Waals surface area (Å²) >= 11 is 1.26. The molecule has 1 fully saturated rings. The summed E-state index contributed by atoms with van der Waals surface area (Å²) in [7, 11) is 1.37. The van der Waals surface area contributed by atoms with Gasteiger partial charge in [0.2, 0.25) is 0 Å². The molecule has 0 atom stereocenters. The van der Waals surface area contributed by atoms with Crippen LogP contribution in [-0.2, 0) is 6.54 Å². The highest BCUT2D eigenvalue weighted by molar-refractivity contribution is 7.20. The Labute approximate surface area is 169 Å². The summed E-state index contributed by atoms with van der Waals surface area (Å²) in [5, 5.41) is 0.437. The van der Waals surface area contributed by atoms with Crippen molar-refractivity contribution in [3.8, 4) is 11.5 Å². The van der Waals surface area contributed by atoms with Gasteiger partial charge in [0.25, 0.3) is 5.91 Å². The van der Waals surface area contributed by atoms with Crippen molar-refractivity contribution < 1.29 is 27.4 Å². The van der Waals surface area contributed by atoms with Crippen LogP contribution < -0.4 is 9.47 Å². The minimum Gasteiger partial charge on any atom is -0.493 e. The molecule has 0 N–H and O–H groups in total. The van der Waals surface area contributed by atoms with E-state index in [0.717, 1.165) is 23.1 Å². The minimum absolute atomic E-state index is 0.0597. The molecule has 0 unspecified atom stereocenters. The maximum atomic E-state index is 14.0. The van der Waals surface area contributed by atoms with Gasteiger partial charge in [-0.2, -0.15) is 8.78 Å². The Bertz CT molecular complexity index is 1050. The first kappa shape index (κ1) is 19.6. The van der Waals surface area contributed by atoms with E-state index in [1.165, 1.54) is 30.6 Å². The van der Waals surface area contributed by atoms with Gasteiger partial charge in [-0.15, -0.1) is 11.3 Å². The lowest BCUT2D eigenvalue weighted by Crippen LogP contribution is -2.32. The molecule has 29 heavy (non-hydrogen) atoms. The predicted molar refractivity (Wildman–Crippen MR) is 104 cm³/mol. The van der Waals surface area contributed by atoms with E-state index in [-0.39, 0.29) is 29.3 Å². The largest absolute Gasteiger partial charge is 0.493 e. The zero-order valence-electron chi connectivity index (χ0n) is 15.5. The highest BCUT2D eigenvalue weighted by atomic mass is 32.1. The first-order chi connectivity index (χ1) is 14.0. The molecule has 0 radical (unpaired) electrons. The lowest BCUT2D eigenvalue weighted by Gasteiger charge is -2.22. The molecule has 0 saturated heterocycles. The van der Waals surface area contributed by atoms with Crippen LogP contribution >= 0.6 is 11.3 Å². The highest BCUT2D eigenvalue weighted by Crippen LogP contribution is 2.35. The van der Waals surface area contributed by atoms with Crippen molar-refractivity contribution >= 4 is 27.3 Å². The third-order valence-electron chi connectivity index (χ3n) is 4.76. The third-order valence-corrected chi connectivity index (χ3v) is 5.85. The number of amides is 1. The molecular formula is C21H18F3NO3S. The fourth-order valence-corrected chi connectivity index (χ4v) is 4.26. The number of ether oxygens (including phenoxy) is 2. The number of thiophene rings is 1. The number of fused-ring (bicyclic) bond motifs is 1. The standard InChI is InChI=1S/C21H18F3NO3S/c1-27-17-9-12(5-8-16(17)28-21(23)24)11-25(13-6-7-13)20(26)19-10-14-15(22)3-2-4-18(14)29-19/h2-5,8-10,13,21H,6-7,11H2,1H3. The van der Waals surface area contributed by atoms with Crippen LogP contribution in [0.15, 0.2) is 42.5 Å². The monoisotopic (exact) mass is 421 g/mol. The van der Waals surface area contributed by atoms with Crippen molar-refractivity contribution in [1.82, 2.24) is 4.90 Å². The average Bonchev–Trinajstić information content (AvgIpc) is 3.44. The topological polar surface area (TPSA) is 38.8 Å². The van der Waals surface area contributed by atoms with E-state index in [9.17, 15) is 18.0 Å². The van der Waals surface area contributed by atoms with Crippen LogP contribution in [-0.4, -0.2) is 30.6 Å². The Hall–Kier alpha value is -2.74. The number of halogens is 3.